The van der Waals surface area contributed by atoms with Gasteiger partial charge in [0, 0.05) is 31.4 Å². The number of fused-ring (bicyclic) bond motifs is 3. The molecule has 2 aromatic rings. The predicted molar refractivity (Wildman–Crippen MR) is 124 cm³/mol. The quantitative estimate of drug-likeness (QED) is 0.775. The highest BCUT2D eigenvalue weighted by Gasteiger charge is 2.56. The molecular weight excluding hydrogens is 421 g/mol. The predicted octanol–water partition coefficient (Wildman–Crippen LogP) is 2.82. The van der Waals surface area contributed by atoms with Crippen LogP contribution >= 0.6 is 0 Å². The third kappa shape index (κ3) is 3.67. The van der Waals surface area contributed by atoms with E-state index in [1.807, 2.05) is 0 Å². The zero-order valence-electron chi connectivity index (χ0n) is 19.2. The lowest BCUT2D eigenvalue weighted by Crippen LogP contribution is -2.66. The summed E-state index contributed by atoms with van der Waals surface area (Å²) in [5.74, 6) is -0.362. The second kappa shape index (κ2) is 8.43. The third-order valence-corrected chi connectivity index (χ3v) is 7.05. The van der Waals surface area contributed by atoms with Gasteiger partial charge < -0.3 is 9.80 Å². The van der Waals surface area contributed by atoms with Crippen molar-refractivity contribution in [3.63, 3.8) is 0 Å². The average molecular weight is 452 g/mol. The number of hydrogen-bond donors (Lipinski definition) is 1. The molecule has 8 heteroatoms. The third-order valence-electron chi connectivity index (χ3n) is 7.05. The van der Waals surface area contributed by atoms with Crippen molar-refractivity contribution < 1.29 is 14.0 Å². The Labute approximate surface area is 193 Å². The molecule has 3 aliphatic rings. The minimum atomic E-state index is -0.523. The molecule has 3 aliphatic heterocycles. The molecular formula is C25H30FN5O2. The normalized spacial score (nSPS) is 27.7. The van der Waals surface area contributed by atoms with Gasteiger partial charge in [-0.15, -0.1) is 0 Å². The van der Waals surface area contributed by atoms with Crippen LogP contribution in [0.3, 0.4) is 0 Å². The summed E-state index contributed by atoms with van der Waals surface area (Å²) in [6.45, 7) is 5.83. The molecule has 1 N–H and O–H groups in total. The van der Waals surface area contributed by atoms with E-state index in [0.29, 0.717) is 11.5 Å². The number of carbonyl (C=O) groups excluding carboxylic acids is 2. The standard InChI is InChI=1S/C25H30FN5O2/c1-4-17-9-11-19(12-10-17)29-13-16(2)14-30-21-22(27-24(29)30)28(3)25(33)31(23(21)32)15-18-7-5-6-8-20(18)26/h5-12,16,21-22,24,27H,4,13-15H2,1-3H3. The largest absolute Gasteiger partial charge is 0.343 e. The van der Waals surface area contributed by atoms with Crippen molar-refractivity contribution in [3.05, 3.63) is 65.5 Å². The molecule has 33 heavy (non-hydrogen) atoms. The number of rotatable bonds is 4. The smallest absolute Gasteiger partial charge is 0.328 e. The number of imide groups is 1. The SMILES string of the molecule is CCc1ccc(N2CC(C)CN3C4C(=O)N(Cc5ccccc5F)C(=O)N(C)C4NC23)cc1. The first-order chi connectivity index (χ1) is 15.9. The summed E-state index contributed by atoms with van der Waals surface area (Å²) in [4.78, 5) is 33.9. The lowest BCUT2D eigenvalue weighted by Gasteiger charge is -2.46. The zero-order valence-corrected chi connectivity index (χ0v) is 19.2. The van der Waals surface area contributed by atoms with Gasteiger partial charge >= 0.3 is 6.03 Å². The Bertz CT molecular complexity index is 1060. The van der Waals surface area contributed by atoms with Crippen LogP contribution in [0.1, 0.15) is 25.0 Å². The Balaban J connectivity index is 1.45. The lowest BCUT2D eigenvalue weighted by molar-refractivity contribution is -0.139. The number of hydrogen-bond acceptors (Lipinski definition) is 5. The molecule has 0 aliphatic carbocycles. The summed E-state index contributed by atoms with van der Waals surface area (Å²) in [5, 5.41) is 3.53. The summed E-state index contributed by atoms with van der Waals surface area (Å²) in [6.07, 6.45) is 0.347. The highest BCUT2D eigenvalue weighted by Crippen LogP contribution is 2.35. The number of likely N-dealkylation sites (N-methyl/N-ethyl adjacent to an activating group) is 1. The zero-order chi connectivity index (χ0) is 23.3. The minimum absolute atomic E-state index is 0.0752. The molecule has 4 unspecified atom stereocenters. The number of aryl methyl sites for hydroxylation is 1. The van der Waals surface area contributed by atoms with E-state index < -0.39 is 24.1 Å². The fourth-order valence-corrected chi connectivity index (χ4v) is 5.28. The van der Waals surface area contributed by atoms with Gasteiger partial charge in [-0.1, -0.05) is 44.2 Å². The number of benzene rings is 2. The summed E-state index contributed by atoms with van der Waals surface area (Å²) in [5.41, 5.74) is 2.70. The number of urea groups is 1. The van der Waals surface area contributed by atoms with Gasteiger partial charge in [0.2, 0.25) is 0 Å². The van der Waals surface area contributed by atoms with Crippen LogP contribution in [0.2, 0.25) is 0 Å². The number of carbonyl (C=O) groups is 2. The Morgan fingerprint density at radius 1 is 1.06 bits per heavy atom. The Morgan fingerprint density at radius 2 is 1.79 bits per heavy atom. The van der Waals surface area contributed by atoms with E-state index >= 15 is 0 Å². The Kier molecular flexibility index (Phi) is 5.58. The highest BCUT2D eigenvalue weighted by atomic mass is 19.1. The van der Waals surface area contributed by atoms with E-state index in [9.17, 15) is 14.0 Å². The number of amides is 3. The van der Waals surface area contributed by atoms with E-state index in [1.165, 1.54) is 16.5 Å². The topological polar surface area (TPSA) is 59.1 Å². The highest BCUT2D eigenvalue weighted by molar-refractivity contribution is 6.00. The lowest BCUT2D eigenvalue weighted by atomic mass is 10.0. The van der Waals surface area contributed by atoms with Crippen molar-refractivity contribution in [2.45, 2.75) is 45.3 Å². The molecule has 3 saturated heterocycles. The molecule has 0 bridgehead atoms. The first-order valence-corrected chi connectivity index (χ1v) is 11.6. The van der Waals surface area contributed by atoms with Crippen molar-refractivity contribution in [2.75, 3.05) is 25.0 Å². The van der Waals surface area contributed by atoms with Crippen molar-refractivity contribution in [3.8, 4) is 0 Å². The monoisotopic (exact) mass is 451 g/mol. The molecule has 0 aromatic heterocycles. The minimum Gasteiger partial charge on any atom is -0.343 e. The van der Waals surface area contributed by atoms with E-state index in [-0.39, 0.29) is 18.7 Å². The second-order valence-corrected chi connectivity index (χ2v) is 9.31. The molecule has 4 atom stereocenters. The maximum Gasteiger partial charge on any atom is 0.328 e. The fourth-order valence-electron chi connectivity index (χ4n) is 5.28. The average Bonchev–Trinajstić information content (AvgIpc) is 3.20. The summed E-state index contributed by atoms with van der Waals surface area (Å²) < 4.78 is 14.3. The van der Waals surface area contributed by atoms with E-state index in [4.69, 9.17) is 0 Å². The summed E-state index contributed by atoms with van der Waals surface area (Å²) >= 11 is 0. The van der Waals surface area contributed by atoms with E-state index in [0.717, 1.165) is 25.2 Å². The van der Waals surface area contributed by atoms with Crippen molar-refractivity contribution >= 4 is 17.6 Å². The number of nitrogens with one attached hydrogen (secondary N) is 1. The molecule has 0 radical (unpaired) electrons. The molecule has 2 aromatic carbocycles. The van der Waals surface area contributed by atoms with Gasteiger partial charge in [0.15, 0.2) is 0 Å². The number of anilines is 1. The van der Waals surface area contributed by atoms with Gasteiger partial charge in [-0.3, -0.25) is 19.9 Å². The first kappa shape index (κ1) is 21.9. The van der Waals surface area contributed by atoms with Crippen LogP contribution in [-0.2, 0) is 17.8 Å². The van der Waals surface area contributed by atoms with Crippen LogP contribution in [0.4, 0.5) is 14.9 Å². The molecule has 0 saturated carbocycles. The molecule has 5 rings (SSSR count). The van der Waals surface area contributed by atoms with Gasteiger partial charge in [-0.25, -0.2) is 9.18 Å². The molecule has 3 heterocycles. The van der Waals surface area contributed by atoms with Crippen LogP contribution in [0, 0.1) is 11.7 Å². The maximum atomic E-state index is 14.3. The maximum absolute atomic E-state index is 14.3. The van der Waals surface area contributed by atoms with E-state index in [2.05, 4.69) is 53.2 Å². The molecule has 174 valence electrons. The molecule has 0 spiro atoms. The van der Waals surface area contributed by atoms with Crippen molar-refractivity contribution in [1.82, 2.24) is 20.0 Å². The summed E-state index contributed by atoms with van der Waals surface area (Å²) in [6, 6.07) is 13.9. The van der Waals surface area contributed by atoms with Crippen LogP contribution in [0.15, 0.2) is 48.5 Å². The van der Waals surface area contributed by atoms with E-state index in [1.54, 1.807) is 30.1 Å². The fraction of sp³-hybridized carbons (Fsp3) is 0.440. The molecule has 3 fully saturated rings. The Hall–Kier alpha value is -2.97. The van der Waals surface area contributed by atoms with Gasteiger partial charge in [-0.05, 0) is 36.1 Å². The van der Waals surface area contributed by atoms with Crippen LogP contribution in [-0.4, -0.2) is 65.3 Å². The van der Waals surface area contributed by atoms with Gasteiger partial charge in [0.25, 0.3) is 5.91 Å². The van der Waals surface area contributed by atoms with Gasteiger partial charge in [0.1, 0.15) is 24.3 Å². The molecule has 3 amide bonds. The van der Waals surface area contributed by atoms with Crippen molar-refractivity contribution in [1.29, 1.82) is 0 Å². The van der Waals surface area contributed by atoms with Gasteiger partial charge in [0.05, 0.1) is 6.54 Å². The van der Waals surface area contributed by atoms with Crippen LogP contribution < -0.4 is 10.2 Å². The molecule has 7 nitrogen and oxygen atoms in total. The first-order valence-electron chi connectivity index (χ1n) is 11.6. The summed E-state index contributed by atoms with van der Waals surface area (Å²) in [7, 11) is 1.70. The Morgan fingerprint density at radius 3 is 2.48 bits per heavy atom. The van der Waals surface area contributed by atoms with Crippen LogP contribution in [0.5, 0.6) is 0 Å². The van der Waals surface area contributed by atoms with Crippen LogP contribution in [0.25, 0.3) is 0 Å². The van der Waals surface area contributed by atoms with Gasteiger partial charge in [-0.2, -0.15) is 0 Å². The number of nitrogens with zero attached hydrogens (tertiary/aromatic N) is 4. The van der Waals surface area contributed by atoms with Crippen molar-refractivity contribution in [2.24, 2.45) is 5.92 Å². The second-order valence-electron chi connectivity index (χ2n) is 9.31. The number of halogens is 1.